The highest BCUT2D eigenvalue weighted by molar-refractivity contribution is 7.08. The van der Waals surface area contributed by atoms with Crippen LogP contribution in [0.25, 0.3) is 0 Å². The molecule has 1 saturated heterocycles. The molecule has 0 spiro atoms. The van der Waals surface area contributed by atoms with Crippen LogP contribution in [-0.4, -0.2) is 31.1 Å². The second-order valence-corrected chi connectivity index (χ2v) is 6.03. The third-order valence-electron chi connectivity index (χ3n) is 3.91. The summed E-state index contributed by atoms with van der Waals surface area (Å²) in [6, 6.07) is 7.44. The molecule has 1 atom stereocenters. The van der Waals surface area contributed by atoms with Gasteiger partial charge in [0.2, 0.25) is 0 Å². The summed E-state index contributed by atoms with van der Waals surface area (Å²) >= 11 is 1.70. The molecule has 2 nitrogen and oxygen atoms in total. The second-order valence-electron chi connectivity index (χ2n) is 5.25. The molecule has 1 aliphatic heterocycles. The standard InChI is InChI=1S/C16H19FN2S/c1-12-2-3-14(17)10-15(12)16(13-4-9-20-11-13)19-7-5-18-6-8-19/h2-4,9-11,16,18H,5-8H2,1H3/t16-/m0/s1. The van der Waals surface area contributed by atoms with E-state index in [1.807, 2.05) is 6.07 Å². The molecule has 0 aliphatic carbocycles. The van der Waals surface area contributed by atoms with Crippen LogP contribution in [0.3, 0.4) is 0 Å². The normalized spacial score (nSPS) is 18.1. The van der Waals surface area contributed by atoms with E-state index < -0.39 is 0 Å². The van der Waals surface area contributed by atoms with Crippen LogP contribution in [0.1, 0.15) is 22.7 Å². The van der Waals surface area contributed by atoms with Crippen LogP contribution in [0.4, 0.5) is 4.39 Å². The van der Waals surface area contributed by atoms with Crippen LogP contribution in [-0.2, 0) is 0 Å². The third kappa shape index (κ3) is 2.77. The molecule has 3 rings (SSSR count). The van der Waals surface area contributed by atoms with Crippen LogP contribution < -0.4 is 5.32 Å². The molecule has 2 heterocycles. The van der Waals surface area contributed by atoms with E-state index in [0.717, 1.165) is 37.3 Å². The highest BCUT2D eigenvalue weighted by Crippen LogP contribution is 2.32. The van der Waals surface area contributed by atoms with Crippen molar-refractivity contribution in [3.8, 4) is 0 Å². The Hall–Kier alpha value is -1.23. The first kappa shape index (κ1) is 13.7. The third-order valence-corrected chi connectivity index (χ3v) is 4.61. The van der Waals surface area contributed by atoms with Crippen molar-refractivity contribution in [1.29, 1.82) is 0 Å². The minimum atomic E-state index is -0.152. The van der Waals surface area contributed by atoms with E-state index in [1.54, 1.807) is 23.5 Å². The Morgan fingerprint density at radius 2 is 2.05 bits per heavy atom. The summed E-state index contributed by atoms with van der Waals surface area (Å²) in [5, 5.41) is 7.65. The van der Waals surface area contributed by atoms with E-state index in [2.05, 4.69) is 34.0 Å². The molecule has 0 amide bonds. The van der Waals surface area contributed by atoms with Crippen LogP contribution in [0.5, 0.6) is 0 Å². The Labute approximate surface area is 123 Å². The Morgan fingerprint density at radius 3 is 2.75 bits per heavy atom. The molecule has 1 aromatic carbocycles. The van der Waals surface area contributed by atoms with Gasteiger partial charge in [0.05, 0.1) is 6.04 Å². The van der Waals surface area contributed by atoms with Crippen LogP contribution in [0, 0.1) is 12.7 Å². The largest absolute Gasteiger partial charge is 0.314 e. The van der Waals surface area contributed by atoms with Crippen molar-refractivity contribution in [2.45, 2.75) is 13.0 Å². The maximum absolute atomic E-state index is 13.7. The lowest BCUT2D eigenvalue weighted by atomic mass is 9.94. The number of rotatable bonds is 3. The van der Waals surface area contributed by atoms with Gasteiger partial charge in [0.15, 0.2) is 0 Å². The summed E-state index contributed by atoms with van der Waals surface area (Å²) in [5.41, 5.74) is 3.51. The zero-order chi connectivity index (χ0) is 13.9. The fraction of sp³-hybridized carbons (Fsp3) is 0.375. The smallest absolute Gasteiger partial charge is 0.123 e. The molecule has 20 heavy (non-hydrogen) atoms. The quantitative estimate of drug-likeness (QED) is 0.934. The molecule has 0 unspecified atom stereocenters. The van der Waals surface area contributed by atoms with Crippen molar-refractivity contribution in [1.82, 2.24) is 10.2 Å². The Bertz CT molecular complexity index is 562. The summed E-state index contributed by atoms with van der Waals surface area (Å²) in [4.78, 5) is 2.44. The number of piperazine rings is 1. The number of nitrogens with one attached hydrogen (secondary N) is 1. The van der Waals surface area contributed by atoms with Gasteiger partial charge in [-0.1, -0.05) is 6.07 Å². The number of nitrogens with zero attached hydrogens (tertiary/aromatic N) is 1. The zero-order valence-electron chi connectivity index (χ0n) is 11.6. The number of aryl methyl sites for hydroxylation is 1. The monoisotopic (exact) mass is 290 g/mol. The molecule has 1 aliphatic rings. The zero-order valence-corrected chi connectivity index (χ0v) is 12.4. The molecule has 4 heteroatoms. The maximum Gasteiger partial charge on any atom is 0.123 e. The molecule has 1 N–H and O–H groups in total. The summed E-state index contributed by atoms with van der Waals surface area (Å²) in [6.07, 6.45) is 0. The van der Waals surface area contributed by atoms with Gasteiger partial charge in [0.25, 0.3) is 0 Å². The number of thiophene rings is 1. The first-order valence-electron chi connectivity index (χ1n) is 6.98. The fourth-order valence-corrected chi connectivity index (χ4v) is 3.54. The minimum Gasteiger partial charge on any atom is -0.314 e. The van der Waals surface area contributed by atoms with Crippen molar-refractivity contribution in [3.05, 3.63) is 57.5 Å². The summed E-state index contributed by atoms with van der Waals surface area (Å²) in [6.45, 7) is 6.05. The van der Waals surface area contributed by atoms with E-state index >= 15 is 0 Å². The number of benzene rings is 1. The topological polar surface area (TPSA) is 15.3 Å². The van der Waals surface area contributed by atoms with Crippen molar-refractivity contribution >= 4 is 11.3 Å². The highest BCUT2D eigenvalue weighted by atomic mass is 32.1. The average Bonchev–Trinajstić information content (AvgIpc) is 2.98. The van der Waals surface area contributed by atoms with Gasteiger partial charge in [-0.05, 0) is 52.6 Å². The fourth-order valence-electron chi connectivity index (χ4n) is 2.86. The predicted molar refractivity (Wildman–Crippen MR) is 81.7 cm³/mol. The van der Waals surface area contributed by atoms with E-state index in [0.29, 0.717) is 0 Å². The second kappa shape index (κ2) is 6.04. The van der Waals surface area contributed by atoms with Gasteiger partial charge in [-0.3, -0.25) is 4.90 Å². The Morgan fingerprint density at radius 1 is 1.25 bits per heavy atom. The minimum absolute atomic E-state index is 0.152. The number of hydrogen-bond acceptors (Lipinski definition) is 3. The van der Waals surface area contributed by atoms with Crippen LogP contribution >= 0.6 is 11.3 Å². The highest BCUT2D eigenvalue weighted by Gasteiger charge is 2.25. The van der Waals surface area contributed by atoms with Crippen molar-refractivity contribution in [2.24, 2.45) is 0 Å². The molecule has 0 saturated carbocycles. The van der Waals surface area contributed by atoms with E-state index in [-0.39, 0.29) is 11.9 Å². The molecular weight excluding hydrogens is 271 g/mol. The van der Waals surface area contributed by atoms with Crippen molar-refractivity contribution < 1.29 is 4.39 Å². The van der Waals surface area contributed by atoms with Gasteiger partial charge in [-0.2, -0.15) is 11.3 Å². The lowest BCUT2D eigenvalue weighted by Crippen LogP contribution is -2.45. The van der Waals surface area contributed by atoms with Gasteiger partial charge >= 0.3 is 0 Å². The van der Waals surface area contributed by atoms with E-state index in [4.69, 9.17) is 0 Å². The molecule has 106 valence electrons. The number of hydrogen-bond donors (Lipinski definition) is 1. The molecule has 1 aromatic heterocycles. The SMILES string of the molecule is Cc1ccc(F)cc1[C@H](c1ccsc1)N1CCNCC1. The molecule has 1 fully saturated rings. The predicted octanol–water partition coefficient (Wildman–Crippen LogP) is 3.19. The molecule has 0 bridgehead atoms. The first-order chi connectivity index (χ1) is 9.75. The molecular formula is C16H19FN2S. The average molecular weight is 290 g/mol. The van der Waals surface area contributed by atoms with Gasteiger partial charge < -0.3 is 5.32 Å². The number of halogens is 1. The van der Waals surface area contributed by atoms with Crippen LogP contribution in [0.15, 0.2) is 35.0 Å². The van der Waals surface area contributed by atoms with Gasteiger partial charge in [-0.15, -0.1) is 0 Å². The van der Waals surface area contributed by atoms with Gasteiger partial charge in [-0.25, -0.2) is 4.39 Å². The summed E-state index contributed by atoms with van der Waals surface area (Å²) in [7, 11) is 0. The molecule has 2 aromatic rings. The van der Waals surface area contributed by atoms with Crippen LogP contribution in [0.2, 0.25) is 0 Å². The van der Waals surface area contributed by atoms with Gasteiger partial charge in [0, 0.05) is 26.2 Å². The Kier molecular flexibility index (Phi) is 4.15. The van der Waals surface area contributed by atoms with Crippen molar-refractivity contribution in [3.63, 3.8) is 0 Å². The van der Waals surface area contributed by atoms with E-state index in [9.17, 15) is 4.39 Å². The lowest BCUT2D eigenvalue weighted by Gasteiger charge is -2.35. The summed E-state index contributed by atoms with van der Waals surface area (Å²) < 4.78 is 13.7. The van der Waals surface area contributed by atoms with Gasteiger partial charge in [0.1, 0.15) is 5.82 Å². The Balaban J connectivity index is 2.02. The first-order valence-corrected chi connectivity index (χ1v) is 7.93. The summed E-state index contributed by atoms with van der Waals surface area (Å²) in [5.74, 6) is -0.152. The maximum atomic E-state index is 13.7. The molecule has 0 radical (unpaired) electrons. The van der Waals surface area contributed by atoms with Crippen molar-refractivity contribution in [2.75, 3.05) is 26.2 Å². The lowest BCUT2D eigenvalue weighted by molar-refractivity contribution is 0.198. The van der Waals surface area contributed by atoms with E-state index in [1.165, 1.54) is 5.56 Å².